The number of anilines is 1. The van der Waals surface area contributed by atoms with Gasteiger partial charge in [0, 0.05) is 20.1 Å². The first kappa shape index (κ1) is 14.8. The van der Waals surface area contributed by atoms with Crippen molar-refractivity contribution in [2.45, 2.75) is 12.5 Å². The van der Waals surface area contributed by atoms with Gasteiger partial charge < -0.3 is 15.2 Å². The number of nitro groups is 1. The Kier molecular flexibility index (Phi) is 5.19. The Morgan fingerprint density at radius 2 is 2.32 bits per heavy atom. The van der Waals surface area contributed by atoms with Crippen molar-refractivity contribution in [1.29, 1.82) is 0 Å². The summed E-state index contributed by atoms with van der Waals surface area (Å²) in [5, 5.41) is 22.2. The van der Waals surface area contributed by atoms with Crippen molar-refractivity contribution < 1.29 is 24.0 Å². The molecule has 0 amide bonds. The molecular formula is C11H13FN2O5. The molecule has 2 N–H and O–H groups in total. The van der Waals surface area contributed by atoms with Crippen LogP contribution >= 0.6 is 0 Å². The van der Waals surface area contributed by atoms with Crippen LogP contribution in [0, 0.1) is 15.9 Å². The van der Waals surface area contributed by atoms with E-state index in [4.69, 9.17) is 9.84 Å². The van der Waals surface area contributed by atoms with E-state index in [-0.39, 0.29) is 18.7 Å². The van der Waals surface area contributed by atoms with Crippen LogP contribution in [-0.2, 0) is 9.53 Å². The third kappa shape index (κ3) is 3.88. The van der Waals surface area contributed by atoms with E-state index in [1.807, 2.05) is 0 Å². The number of nitrogens with one attached hydrogen (secondary N) is 1. The summed E-state index contributed by atoms with van der Waals surface area (Å²) in [7, 11) is 1.41. The summed E-state index contributed by atoms with van der Waals surface area (Å²) in [4.78, 5) is 20.9. The fourth-order valence-electron chi connectivity index (χ4n) is 1.50. The lowest BCUT2D eigenvalue weighted by Crippen LogP contribution is -2.30. The van der Waals surface area contributed by atoms with Gasteiger partial charge in [0.25, 0.3) is 0 Å². The second kappa shape index (κ2) is 6.64. The average Bonchev–Trinajstić information content (AvgIpc) is 2.33. The minimum atomic E-state index is -1.20. The number of hydrogen-bond donors (Lipinski definition) is 2. The molecule has 0 saturated carbocycles. The molecule has 1 aromatic carbocycles. The monoisotopic (exact) mass is 272 g/mol. The normalized spacial score (nSPS) is 11.9. The van der Waals surface area contributed by atoms with Crippen molar-refractivity contribution in [3.05, 3.63) is 34.1 Å². The van der Waals surface area contributed by atoms with Crippen LogP contribution in [0.3, 0.4) is 0 Å². The molecule has 0 saturated heterocycles. The van der Waals surface area contributed by atoms with Crippen molar-refractivity contribution in [3.63, 3.8) is 0 Å². The molecule has 1 unspecified atom stereocenters. The lowest BCUT2D eigenvalue weighted by molar-refractivity contribution is -0.386. The largest absolute Gasteiger partial charge is 0.480 e. The average molecular weight is 272 g/mol. The first-order valence-corrected chi connectivity index (χ1v) is 5.38. The maximum atomic E-state index is 13.4. The van der Waals surface area contributed by atoms with Crippen molar-refractivity contribution in [2.75, 3.05) is 19.0 Å². The zero-order valence-electron chi connectivity index (χ0n) is 10.1. The Bertz CT molecular complexity index is 480. The molecule has 7 nitrogen and oxygen atoms in total. The summed E-state index contributed by atoms with van der Waals surface area (Å²) >= 11 is 0. The van der Waals surface area contributed by atoms with E-state index in [0.29, 0.717) is 0 Å². The van der Waals surface area contributed by atoms with Gasteiger partial charge in [-0.05, 0) is 12.1 Å². The standard InChI is InChI=1S/C11H13FN2O5/c1-19-6-5-9(11(15)16)13-8-4-2-3-7(12)10(8)14(17)18/h2-4,9,13H,5-6H2,1H3,(H,15,16). The molecule has 0 bridgehead atoms. The van der Waals surface area contributed by atoms with Crippen molar-refractivity contribution >= 4 is 17.3 Å². The van der Waals surface area contributed by atoms with Crippen LogP contribution in [0.1, 0.15) is 6.42 Å². The van der Waals surface area contributed by atoms with E-state index in [1.54, 1.807) is 0 Å². The summed E-state index contributed by atoms with van der Waals surface area (Å²) in [6, 6.07) is 2.36. The summed E-state index contributed by atoms with van der Waals surface area (Å²) in [5.41, 5.74) is -0.945. The lowest BCUT2D eigenvalue weighted by Gasteiger charge is -2.15. The number of carboxylic acids is 1. The molecule has 0 aromatic heterocycles. The summed E-state index contributed by atoms with van der Waals surface area (Å²) in [6.07, 6.45) is 0.0967. The maximum absolute atomic E-state index is 13.4. The Hall–Kier alpha value is -2.22. The van der Waals surface area contributed by atoms with Gasteiger partial charge in [0.05, 0.1) is 4.92 Å². The molecule has 0 heterocycles. The number of carbonyl (C=O) groups is 1. The topological polar surface area (TPSA) is 102 Å². The number of hydrogen-bond acceptors (Lipinski definition) is 5. The number of carboxylic acid groups (broad SMARTS) is 1. The second-order valence-electron chi connectivity index (χ2n) is 3.71. The first-order chi connectivity index (χ1) is 8.97. The quantitative estimate of drug-likeness (QED) is 0.578. The summed E-state index contributed by atoms with van der Waals surface area (Å²) in [5.74, 6) is -2.22. The van der Waals surface area contributed by atoms with Crippen LogP contribution in [-0.4, -0.2) is 35.8 Å². The Morgan fingerprint density at radius 3 is 2.84 bits per heavy atom. The smallest absolute Gasteiger partial charge is 0.327 e. The van der Waals surface area contributed by atoms with E-state index >= 15 is 0 Å². The van der Waals surface area contributed by atoms with Crippen molar-refractivity contribution in [2.24, 2.45) is 0 Å². The molecule has 8 heteroatoms. The summed E-state index contributed by atoms with van der Waals surface area (Å²) < 4.78 is 18.1. The molecule has 0 aliphatic heterocycles. The fourth-order valence-corrected chi connectivity index (χ4v) is 1.50. The van der Waals surface area contributed by atoms with Crippen LogP contribution in [0.15, 0.2) is 18.2 Å². The van der Waals surface area contributed by atoms with Crippen LogP contribution in [0.2, 0.25) is 0 Å². The highest BCUT2D eigenvalue weighted by Crippen LogP contribution is 2.28. The van der Waals surface area contributed by atoms with Crippen LogP contribution in [0.5, 0.6) is 0 Å². The number of benzene rings is 1. The number of nitrogens with zero attached hydrogens (tertiary/aromatic N) is 1. The third-order valence-electron chi connectivity index (χ3n) is 2.41. The van der Waals surface area contributed by atoms with Crippen LogP contribution < -0.4 is 5.32 Å². The van der Waals surface area contributed by atoms with Gasteiger partial charge in [0.1, 0.15) is 11.7 Å². The van der Waals surface area contributed by atoms with E-state index in [0.717, 1.165) is 6.07 Å². The number of methoxy groups -OCH3 is 1. The molecule has 19 heavy (non-hydrogen) atoms. The van der Waals surface area contributed by atoms with Gasteiger partial charge in [-0.25, -0.2) is 4.79 Å². The molecule has 1 aromatic rings. The molecule has 0 radical (unpaired) electrons. The van der Waals surface area contributed by atoms with Gasteiger partial charge in [0.15, 0.2) is 0 Å². The molecule has 0 spiro atoms. The Morgan fingerprint density at radius 1 is 1.63 bits per heavy atom. The highest BCUT2D eigenvalue weighted by atomic mass is 19.1. The zero-order valence-corrected chi connectivity index (χ0v) is 10.1. The number of rotatable bonds is 7. The van der Waals surface area contributed by atoms with Gasteiger partial charge in [-0.1, -0.05) is 6.07 Å². The van der Waals surface area contributed by atoms with Crippen LogP contribution in [0.25, 0.3) is 0 Å². The minimum Gasteiger partial charge on any atom is -0.480 e. The summed E-state index contributed by atoms with van der Waals surface area (Å²) in [6.45, 7) is 0.160. The molecule has 0 aliphatic rings. The van der Waals surface area contributed by atoms with E-state index in [9.17, 15) is 19.3 Å². The van der Waals surface area contributed by atoms with Crippen molar-refractivity contribution in [3.8, 4) is 0 Å². The fraction of sp³-hybridized carbons (Fsp3) is 0.364. The van der Waals surface area contributed by atoms with Gasteiger partial charge in [0.2, 0.25) is 5.82 Å². The van der Waals surface area contributed by atoms with E-state index in [1.165, 1.54) is 19.2 Å². The predicted octanol–water partition coefficient (Wildman–Crippen LogP) is 1.64. The van der Waals surface area contributed by atoms with Crippen molar-refractivity contribution in [1.82, 2.24) is 0 Å². The Labute approximate surface area is 108 Å². The van der Waals surface area contributed by atoms with Gasteiger partial charge in [-0.2, -0.15) is 4.39 Å². The molecular weight excluding hydrogens is 259 g/mol. The third-order valence-corrected chi connectivity index (χ3v) is 2.41. The van der Waals surface area contributed by atoms with Gasteiger partial charge in [-0.3, -0.25) is 10.1 Å². The number of nitro benzene ring substituents is 1. The van der Waals surface area contributed by atoms with Crippen LogP contribution in [0.4, 0.5) is 15.8 Å². The zero-order chi connectivity index (χ0) is 14.4. The highest BCUT2D eigenvalue weighted by Gasteiger charge is 2.24. The SMILES string of the molecule is COCCC(Nc1cccc(F)c1[N+](=O)[O-])C(=O)O. The molecule has 104 valence electrons. The van der Waals surface area contributed by atoms with E-state index < -0.39 is 28.4 Å². The lowest BCUT2D eigenvalue weighted by atomic mass is 10.2. The molecule has 1 rings (SSSR count). The number of halogens is 1. The maximum Gasteiger partial charge on any atom is 0.327 e. The van der Waals surface area contributed by atoms with Gasteiger partial charge in [-0.15, -0.1) is 0 Å². The first-order valence-electron chi connectivity index (χ1n) is 5.38. The second-order valence-corrected chi connectivity index (χ2v) is 3.71. The molecule has 0 aliphatic carbocycles. The number of ether oxygens (including phenoxy) is 1. The van der Waals surface area contributed by atoms with Gasteiger partial charge >= 0.3 is 11.7 Å². The minimum absolute atomic E-state index is 0.0967. The number of aliphatic carboxylic acids is 1. The molecule has 1 atom stereocenters. The Balaban J connectivity index is 2.99. The highest BCUT2D eigenvalue weighted by molar-refractivity contribution is 5.79. The number of para-hydroxylation sites is 1. The van der Waals surface area contributed by atoms with E-state index in [2.05, 4.69) is 5.32 Å². The molecule has 0 fully saturated rings. The predicted molar refractivity (Wildman–Crippen MR) is 64.6 cm³/mol.